The number of hydrogen-bond donors (Lipinski definition) is 0. The van der Waals surface area contributed by atoms with Crippen molar-refractivity contribution in [3.8, 4) is 27.9 Å². The maximum Gasteiger partial charge on any atom is 0.333 e. The Morgan fingerprint density at radius 3 is 2.38 bits per heavy atom. The molecule has 8 aromatic rings. The number of fused-ring (bicyclic) bond motifs is 14. The Morgan fingerprint density at radius 1 is 0.690 bits per heavy atom. The molecule has 3 aliphatic rings. The van der Waals surface area contributed by atoms with E-state index in [-0.39, 0.29) is 12.3 Å². The number of para-hydroxylation sites is 3. The minimum Gasteiger partial charge on any atom is -0.454 e. The van der Waals surface area contributed by atoms with Gasteiger partial charge in [0.05, 0.1) is 11.0 Å². The molecule has 3 nitrogen and oxygen atoms in total. The number of benzene rings is 5. The second kappa shape index (κ2) is 6.74. The first-order chi connectivity index (χ1) is 20.5. The van der Waals surface area contributed by atoms with Crippen LogP contribution in [0.3, 0.4) is 0 Å². The van der Waals surface area contributed by atoms with Crippen molar-refractivity contribution in [2.75, 3.05) is 0 Å². The van der Waals surface area contributed by atoms with Gasteiger partial charge < -0.3 is 13.5 Å². The van der Waals surface area contributed by atoms with Crippen LogP contribution in [0.2, 0.25) is 0 Å². The van der Waals surface area contributed by atoms with Crippen molar-refractivity contribution in [1.82, 2.24) is 9.05 Å². The highest BCUT2D eigenvalue weighted by atomic mass is 16.3. The average molecular weight is 536 g/mol. The maximum atomic E-state index is 6.63. The summed E-state index contributed by atoms with van der Waals surface area (Å²) in [5.74, 6) is 0. The number of rotatable bonds is 0. The molecule has 196 valence electrons. The molecule has 42 heavy (non-hydrogen) atoms. The summed E-state index contributed by atoms with van der Waals surface area (Å²) >= 11 is 0. The summed E-state index contributed by atoms with van der Waals surface area (Å²) in [5, 5.41) is 3.72. The van der Waals surface area contributed by atoms with E-state index >= 15 is 0 Å². The van der Waals surface area contributed by atoms with E-state index in [1.807, 2.05) is 0 Å². The van der Waals surface area contributed by atoms with Gasteiger partial charge in [-0.1, -0.05) is 86.6 Å². The van der Waals surface area contributed by atoms with E-state index in [2.05, 4.69) is 127 Å². The third-order valence-corrected chi connectivity index (χ3v) is 10.5. The summed E-state index contributed by atoms with van der Waals surface area (Å²) in [6.45, 7) is 7.11. The molecule has 5 aromatic carbocycles. The fourth-order valence-electron chi connectivity index (χ4n) is 8.99. The third kappa shape index (κ3) is 2.16. The highest BCUT2D eigenvalue weighted by molar-refractivity contribution is 6.90. The van der Waals surface area contributed by atoms with Gasteiger partial charge in [-0.05, 0) is 64.4 Å². The Labute approximate surface area is 242 Å². The Hall–Kier alpha value is -4.96. The van der Waals surface area contributed by atoms with Gasteiger partial charge in [0.1, 0.15) is 5.58 Å². The van der Waals surface area contributed by atoms with Gasteiger partial charge in [0, 0.05) is 49.6 Å². The van der Waals surface area contributed by atoms with Gasteiger partial charge in [0.2, 0.25) is 0 Å². The van der Waals surface area contributed by atoms with E-state index in [0.29, 0.717) is 0 Å². The maximum absolute atomic E-state index is 6.63. The average Bonchev–Trinajstić information content (AvgIpc) is 3.71. The molecule has 0 N–H and O–H groups in total. The van der Waals surface area contributed by atoms with Crippen LogP contribution in [-0.2, 0) is 5.41 Å². The van der Waals surface area contributed by atoms with Crippen molar-refractivity contribution < 1.29 is 4.42 Å². The molecule has 0 atom stereocenters. The van der Waals surface area contributed by atoms with Crippen LogP contribution in [0.5, 0.6) is 0 Å². The summed E-state index contributed by atoms with van der Waals surface area (Å²) in [5.41, 5.74) is 19.2. The fourth-order valence-corrected chi connectivity index (χ4v) is 8.99. The van der Waals surface area contributed by atoms with Crippen LogP contribution in [-0.4, -0.2) is 15.9 Å². The van der Waals surface area contributed by atoms with Gasteiger partial charge in [-0.25, -0.2) is 0 Å². The molecule has 0 saturated heterocycles. The van der Waals surface area contributed by atoms with Crippen LogP contribution in [0.4, 0.5) is 0 Å². The molecule has 11 rings (SSSR count). The van der Waals surface area contributed by atoms with E-state index in [4.69, 9.17) is 4.42 Å². The number of aromatic nitrogens is 2. The zero-order chi connectivity index (χ0) is 27.6. The summed E-state index contributed by atoms with van der Waals surface area (Å²) in [4.78, 5) is 0. The summed E-state index contributed by atoms with van der Waals surface area (Å²) in [6, 6.07) is 36.1. The standard InChI is InChI=1S/C38H25BN2O/c1-20-18-26-21-12-8-14-25-33(21)41(35-23-11-5-7-17-30(23)42-36(25)35)39-28-16-9-13-24-31-22-10-4-6-15-27(22)38(2,3)37(31)40(34(24)28)29(19-20)32(26)39/h4-19H,1-3H3. The highest BCUT2D eigenvalue weighted by Gasteiger charge is 2.47. The van der Waals surface area contributed by atoms with Gasteiger partial charge in [-0.15, -0.1) is 0 Å². The molecule has 0 bridgehead atoms. The van der Waals surface area contributed by atoms with Crippen molar-refractivity contribution in [2.45, 2.75) is 26.2 Å². The molecule has 0 unspecified atom stereocenters. The Balaban J connectivity index is 1.40. The number of nitrogens with zero attached hydrogens (tertiary/aromatic N) is 2. The van der Waals surface area contributed by atoms with Crippen molar-refractivity contribution in [3.05, 3.63) is 114 Å². The van der Waals surface area contributed by atoms with Gasteiger partial charge >= 0.3 is 6.85 Å². The molecule has 3 aromatic heterocycles. The second-order valence-corrected chi connectivity index (χ2v) is 13.0. The summed E-state index contributed by atoms with van der Waals surface area (Å²) in [7, 11) is 0. The van der Waals surface area contributed by atoms with Crippen LogP contribution < -0.4 is 10.9 Å². The fraction of sp³-hybridized carbons (Fsp3) is 0.105. The predicted octanol–water partition coefficient (Wildman–Crippen LogP) is 8.05. The molecule has 5 heterocycles. The van der Waals surface area contributed by atoms with E-state index in [0.717, 1.165) is 11.2 Å². The predicted molar refractivity (Wildman–Crippen MR) is 174 cm³/mol. The van der Waals surface area contributed by atoms with Crippen molar-refractivity contribution in [3.63, 3.8) is 0 Å². The Morgan fingerprint density at radius 2 is 1.45 bits per heavy atom. The van der Waals surface area contributed by atoms with Crippen LogP contribution in [0.15, 0.2) is 101 Å². The van der Waals surface area contributed by atoms with Crippen LogP contribution in [0, 0.1) is 6.92 Å². The van der Waals surface area contributed by atoms with Crippen LogP contribution in [0.1, 0.15) is 30.7 Å². The van der Waals surface area contributed by atoms with E-state index in [1.54, 1.807) is 0 Å². The number of hydrogen-bond acceptors (Lipinski definition) is 1. The Bertz CT molecular complexity index is 2570. The summed E-state index contributed by atoms with van der Waals surface area (Å²) in [6.07, 6.45) is 0. The lowest BCUT2D eigenvalue weighted by atomic mass is 9.45. The molecule has 0 spiro atoms. The summed E-state index contributed by atoms with van der Waals surface area (Å²) < 4.78 is 11.9. The lowest BCUT2D eigenvalue weighted by molar-refractivity contribution is 0.624. The first kappa shape index (κ1) is 21.7. The molecule has 0 saturated carbocycles. The molecule has 4 heteroatoms. The smallest absolute Gasteiger partial charge is 0.333 e. The van der Waals surface area contributed by atoms with Crippen molar-refractivity contribution in [2.24, 2.45) is 0 Å². The molecular weight excluding hydrogens is 511 g/mol. The minimum atomic E-state index is -0.118. The third-order valence-electron chi connectivity index (χ3n) is 10.5. The van der Waals surface area contributed by atoms with Gasteiger partial charge in [-0.2, -0.15) is 0 Å². The van der Waals surface area contributed by atoms with Gasteiger partial charge in [0.25, 0.3) is 0 Å². The second-order valence-electron chi connectivity index (χ2n) is 13.0. The Kier molecular flexibility index (Phi) is 3.49. The molecule has 2 aliphatic heterocycles. The van der Waals surface area contributed by atoms with E-state index < -0.39 is 0 Å². The first-order valence-electron chi connectivity index (χ1n) is 14.9. The molecule has 0 radical (unpaired) electrons. The van der Waals surface area contributed by atoms with E-state index in [1.165, 1.54) is 88.4 Å². The highest BCUT2D eigenvalue weighted by Crippen LogP contribution is 2.54. The van der Waals surface area contributed by atoms with Crippen molar-refractivity contribution in [1.29, 1.82) is 0 Å². The van der Waals surface area contributed by atoms with E-state index in [9.17, 15) is 0 Å². The van der Waals surface area contributed by atoms with Gasteiger partial charge in [0.15, 0.2) is 5.58 Å². The molecule has 1 aliphatic carbocycles. The van der Waals surface area contributed by atoms with Gasteiger partial charge in [-0.3, -0.25) is 0 Å². The van der Waals surface area contributed by atoms with Crippen molar-refractivity contribution >= 4 is 61.6 Å². The quantitative estimate of drug-likeness (QED) is 0.180. The first-order valence-corrected chi connectivity index (χ1v) is 14.9. The molecular formula is C38H25BN2O. The molecule has 0 amide bonds. The SMILES string of the molecule is Cc1cc2c3c(c1)-n1c4c(c5cccc(c51)B3n1c3c-2cccc3c2oc3ccccc3c21)-c1ccccc1C4(C)C. The van der Waals surface area contributed by atoms with Crippen LogP contribution >= 0.6 is 0 Å². The number of aryl methyl sites for hydroxylation is 1. The number of furan rings is 1. The minimum absolute atomic E-state index is 0.0519. The lowest BCUT2D eigenvalue weighted by Crippen LogP contribution is -2.55. The monoisotopic (exact) mass is 536 g/mol. The largest absolute Gasteiger partial charge is 0.454 e. The normalized spacial score (nSPS) is 15.2. The topological polar surface area (TPSA) is 23.0 Å². The zero-order valence-corrected chi connectivity index (χ0v) is 23.6. The van der Waals surface area contributed by atoms with Crippen LogP contribution in [0.25, 0.3) is 71.8 Å². The molecule has 0 fully saturated rings. The zero-order valence-electron chi connectivity index (χ0n) is 23.6. The lowest BCUT2D eigenvalue weighted by Gasteiger charge is -2.36.